The van der Waals surface area contributed by atoms with Crippen molar-refractivity contribution < 1.29 is 4.79 Å². The number of rotatable bonds is 5. The number of carbonyl (C=O) groups is 1. The fraction of sp³-hybridized carbons (Fsp3) is 0.471. The predicted molar refractivity (Wildman–Crippen MR) is 91.2 cm³/mol. The van der Waals surface area contributed by atoms with Gasteiger partial charge in [0.05, 0.1) is 0 Å². The summed E-state index contributed by atoms with van der Waals surface area (Å²) in [7, 11) is 0. The molecule has 1 atom stereocenters. The van der Waals surface area contributed by atoms with Crippen molar-refractivity contribution in [2.24, 2.45) is 5.41 Å². The fourth-order valence-electron chi connectivity index (χ4n) is 2.18. The molecule has 1 aromatic heterocycles. The Hall–Kier alpha value is -1.75. The van der Waals surface area contributed by atoms with Crippen LogP contribution in [0, 0.1) is 5.41 Å². The molecule has 0 radical (unpaired) electrons. The quantitative estimate of drug-likeness (QED) is 0.896. The summed E-state index contributed by atoms with van der Waals surface area (Å²) in [5, 5.41) is 12.6. The van der Waals surface area contributed by atoms with Crippen molar-refractivity contribution in [3.8, 4) is 0 Å². The molecule has 0 aliphatic rings. The van der Waals surface area contributed by atoms with Crippen molar-refractivity contribution in [3.05, 3.63) is 40.9 Å². The second-order valence-corrected chi connectivity index (χ2v) is 7.86. The van der Waals surface area contributed by atoms with E-state index in [1.54, 1.807) is 0 Å². The highest BCUT2D eigenvalue weighted by atomic mass is 32.1. The number of benzene rings is 1. The molecule has 0 saturated heterocycles. The fourth-order valence-corrected chi connectivity index (χ4v) is 3.23. The molecule has 2 rings (SSSR count). The molecule has 22 heavy (non-hydrogen) atoms. The van der Waals surface area contributed by atoms with Gasteiger partial charge in [-0.3, -0.25) is 4.79 Å². The third kappa shape index (κ3) is 5.22. The molecule has 1 amide bonds. The van der Waals surface area contributed by atoms with Gasteiger partial charge in [-0.15, -0.1) is 10.2 Å². The molecule has 0 bridgehead atoms. The maximum Gasteiger partial charge on any atom is 0.226 e. The normalized spacial score (nSPS) is 12.9. The maximum atomic E-state index is 12.1. The average molecular weight is 317 g/mol. The van der Waals surface area contributed by atoms with Gasteiger partial charge in [-0.2, -0.15) is 0 Å². The highest BCUT2D eigenvalue weighted by Gasteiger charge is 2.17. The van der Waals surface area contributed by atoms with Crippen LogP contribution in [-0.2, 0) is 11.2 Å². The third-order valence-electron chi connectivity index (χ3n) is 3.25. The third-order valence-corrected chi connectivity index (χ3v) is 4.09. The lowest BCUT2D eigenvalue weighted by atomic mass is 9.93. The summed E-state index contributed by atoms with van der Waals surface area (Å²) in [5.74, 6) is 0.165. The van der Waals surface area contributed by atoms with Crippen LogP contribution in [0.15, 0.2) is 30.3 Å². The largest absolute Gasteiger partial charge is 0.301 e. The van der Waals surface area contributed by atoms with E-state index in [0.717, 1.165) is 11.4 Å². The molecule has 0 aliphatic heterocycles. The van der Waals surface area contributed by atoms with Crippen LogP contribution in [0.25, 0.3) is 0 Å². The highest BCUT2D eigenvalue weighted by molar-refractivity contribution is 7.15. The smallest absolute Gasteiger partial charge is 0.226 e. The molecule has 5 heteroatoms. The van der Waals surface area contributed by atoms with Crippen LogP contribution < -0.4 is 5.32 Å². The van der Waals surface area contributed by atoms with E-state index in [2.05, 4.69) is 43.2 Å². The van der Waals surface area contributed by atoms with Gasteiger partial charge < -0.3 is 5.32 Å². The summed E-state index contributed by atoms with van der Waals surface area (Å²) in [6.45, 7) is 8.54. The van der Waals surface area contributed by atoms with Crippen LogP contribution >= 0.6 is 11.3 Å². The number of carbonyl (C=O) groups excluding carboxylic acids is 1. The zero-order valence-corrected chi connectivity index (χ0v) is 14.4. The van der Waals surface area contributed by atoms with Crippen LogP contribution in [0.2, 0.25) is 0 Å². The van der Waals surface area contributed by atoms with Crippen LogP contribution in [0.1, 0.15) is 50.6 Å². The number of nitrogens with one attached hydrogen (secondary N) is 1. The minimum absolute atomic E-state index is 0.0187. The standard InChI is InChI=1S/C17H23N3OS/c1-12(13-8-6-5-7-9-13)10-14(21)18-16-20-19-15(22-16)11-17(2,3)4/h5-9,12H,10-11H2,1-4H3,(H,18,20,21)/t12-/m0/s1. The summed E-state index contributed by atoms with van der Waals surface area (Å²) in [5.41, 5.74) is 1.34. The number of hydrogen-bond acceptors (Lipinski definition) is 4. The molecule has 0 saturated carbocycles. The van der Waals surface area contributed by atoms with Crippen molar-refractivity contribution in [3.63, 3.8) is 0 Å². The SMILES string of the molecule is C[C@@H](CC(=O)Nc1nnc(CC(C)(C)C)s1)c1ccccc1. The number of anilines is 1. The Morgan fingerprint density at radius 3 is 2.55 bits per heavy atom. The summed E-state index contributed by atoms with van der Waals surface area (Å²) in [6, 6.07) is 10.1. The van der Waals surface area contributed by atoms with Crippen LogP contribution in [0.4, 0.5) is 5.13 Å². The Labute approximate surface area is 136 Å². The average Bonchev–Trinajstić information content (AvgIpc) is 2.84. The van der Waals surface area contributed by atoms with E-state index in [0.29, 0.717) is 11.6 Å². The molecule has 0 aliphatic carbocycles. The minimum Gasteiger partial charge on any atom is -0.301 e. The molecule has 4 nitrogen and oxygen atoms in total. The van der Waals surface area contributed by atoms with E-state index in [1.165, 1.54) is 16.9 Å². The predicted octanol–water partition coefficient (Wildman–Crippen LogP) is 4.26. The van der Waals surface area contributed by atoms with Crippen LogP contribution in [0.5, 0.6) is 0 Å². The van der Waals surface area contributed by atoms with E-state index in [4.69, 9.17) is 0 Å². The van der Waals surface area contributed by atoms with E-state index < -0.39 is 0 Å². The lowest BCUT2D eigenvalue weighted by Gasteiger charge is -2.14. The molecule has 1 N–H and O–H groups in total. The minimum atomic E-state index is -0.0187. The molecule has 0 fully saturated rings. The molecule has 1 aromatic carbocycles. The molecular formula is C17H23N3OS. The number of aromatic nitrogens is 2. The monoisotopic (exact) mass is 317 g/mol. The summed E-state index contributed by atoms with van der Waals surface area (Å²) >= 11 is 1.46. The Balaban J connectivity index is 1.90. The second-order valence-electron chi connectivity index (χ2n) is 6.80. The molecule has 1 heterocycles. The molecule has 118 valence electrons. The molecule has 0 unspecified atom stereocenters. The zero-order chi connectivity index (χ0) is 16.2. The van der Waals surface area contributed by atoms with Gasteiger partial charge in [-0.25, -0.2) is 0 Å². The summed E-state index contributed by atoms with van der Waals surface area (Å²) in [6.07, 6.45) is 1.30. The van der Waals surface area contributed by atoms with Crippen molar-refractivity contribution >= 4 is 22.4 Å². The van der Waals surface area contributed by atoms with Gasteiger partial charge in [0, 0.05) is 12.8 Å². The summed E-state index contributed by atoms with van der Waals surface area (Å²) < 4.78 is 0. The number of hydrogen-bond donors (Lipinski definition) is 1. The highest BCUT2D eigenvalue weighted by Crippen LogP contribution is 2.25. The lowest BCUT2D eigenvalue weighted by Crippen LogP contribution is -2.14. The van der Waals surface area contributed by atoms with Crippen LogP contribution in [0.3, 0.4) is 0 Å². The Bertz CT molecular complexity index is 616. The van der Waals surface area contributed by atoms with E-state index in [1.807, 2.05) is 30.3 Å². The molecule has 2 aromatic rings. The van der Waals surface area contributed by atoms with Gasteiger partial charge in [-0.05, 0) is 16.9 Å². The topological polar surface area (TPSA) is 54.9 Å². The molecule has 0 spiro atoms. The summed E-state index contributed by atoms with van der Waals surface area (Å²) in [4.78, 5) is 12.1. The van der Waals surface area contributed by atoms with Crippen LogP contribution in [-0.4, -0.2) is 16.1 Å². The number of nitrogens with zero attached hydrogens (tertiary/aromatic N) is 2. The Morgan fingerprint density at radius 1 is 1.23 bits per heavy atom. The van der Waals surface area contributed by atoms with E-state index in [-0.39, 0.29) is 17.2 Å². The van der Waals surface area contributed by atoms with Crippen molar-refractivity contribution in [1.82, 2.24) is 10.2 Å². The van der Waals surface area contributed by atoms with E-state index >= 15 is 0 Å². The first kappa shape index (κ1) is 16.6. The van der Waals surface area contributed by atoms with E-state index in [9.17, 15) is 4.79 Å². The van der Waals surface area contributed by atoms with Gasteiger partial charge in [0.1, 0.15) is 5.01 Å². The van der Waals surface area contributed by atoms with Crippen molar-refractivity contribution in [2.45, 2.75) is 46.5 Å². The second kappa shape index (κ2) is 7.01. The zero-order valence-electron chi connectivity index (χ0n) is 13.6. The molecular weight excluding hydrogens is 294 g/mol. The van der Waals surface area contributed by atoms with Gasteiger partial charge >= 0.3 is 0 Å². The maximum absolute atomic E-state index is 12.1. The van der Waals surface area contributed by atoms with Crippen molar-refractivity contribution in [2.75, 3.05) is 5.32 Å². The first-order valence-corrected chi connectivity index (χ1v) is 8.32. The van der Waals surface area contributed by atoms with Gasteiger partial charge in [0.15, 0.2) is 0 Å². The van der Waals surface area contributed by atoms with Crippen molar-refractivity contribution in [1.29, 1.82) is 0 Å². The first-order chi connectivity index (χ1) is 10.3. The Morgan fingerprint density at radius 2 is 1.91 bits per heavy atom. The van der Waals surface area contributed by atoms with Gasteiger partial charge in [0.2, 0.25) is 11.0 Å². The first-order valence-electron chi connectivity index (χ1n) is 7.51. The van der Waals surface area contributed by atoms with Gasteiger partial charge in [0.25, 0.3) is 0 Å². The number of amides is 1. The van der Waals surface area contributed by atoms with Gasteiger partial charge in [-0.1, -0.05) is 69.4 Å². The lowest BCUT2D eigenvalue weighted by molar-refractivity contribution is -0.116. The Kier molecular flexibility index (Phi) is 5.29.